The zero-order valence-electron chi connectivity index (χ0n) is 25.3. The second kappa shape index (κ2) is 11.7. The highest BCUT2D eigenvalue weighted by atomic mass is 16.7. The van der Waals surface area contributed by atoms with Gasteiger partial charge in [-0.15, -0.1) is 0 Å². The summed E-state index contributed by atoms with van der Waals surface area (Å²) in [5.41, 5.74) is 0.152. The van der Waals surface area contributed by atoms with Crippen LogP contribution in [0.5, 0.6) is 0 Å². The third-order valence-corrected chi connectivity index (χ3v) is 9.93. The summed E-state index contributed by atoms with van der Waals surface area (Å²) in [6.45, 7) is 12.2. The Morgan fingerprint density at radius 3 is 2.54 bits per heavy atom. The first-order valence-corrected chi connectivity index (χ1v) is 15.3. The molecule has 0 aromatic carbocycles. The molecule has 3 N–H and O–H groups in total. The first kappa shape index (κ1) is 30.6. The van der Waals surface area contributed by atoms with Crippen molar-refractivity contribution in [2.45, 2.75) is 122 Å². The van der Waals surface area contributed by atoms with Gasteiger partial charge in [0.1, 0.15) is 29.8 Å². The van der Waals surface area contributed by atoms with Crippen molar-refractivity contribution in [2.24, 2.45) is 23.7 Å². The highest BCUT2D eigenvalue weighted by molar-refractivity contribution is 5.78. The van der Waals surface area contributed by atoms with E-state index >= 15 is 0 Å². The molecule has 0 aromatic rings. The molecule has 228 valence electrons. The fourth-order valence-corrected chi connectivity index (χ4v) is 7.44. The lowest BCUT2D eigenvalue weighted by Gasteiger charge is -2.50. The molecule has 0 unspecified atom stereocenters. The molecule has 0 amide bonds. The standard InChI is InChI=1S/C33H48O8/c1-18(2)29-21(5)12-13-32(41-29)16-25-15-24(40-32)11-10-20(4)27(34)19(3)8-7-9-23-17-38-30-28(35)22(6)14-26(31(36)39-25)33(23,30)37/h7-10,14,18-19,21,24-30,34-35,37H,11-13,15-17H2,1-6H3/b8-7+,20-10+,23-9+/t19-,21-,24+,25-,26-,27+,28+,29+,30+,32+,33+/m0/s1. The van der Waals surface area contributed by atoms with Gasteiger partial charge in [0.15, 0.2) is 5.79 Å². The minimum Gasteiger partial charge on any atom is -0.462 e. The number of ether oxygens (including phenoxy) is 4. The minimum absolute atomic E-state index is 0.0265. The molecule has 2 bridgehead atoms. The highest BCUT2D eigenvalue weighted by Gasteiger charge is 2.60. The molecule has 0 saturated carbocycles. The van der Waals surface area contributed by atoms with Gasteiger partial charge in [-0.2, -0.15) is 0 Å². The Bertz CT molecular complexity index is 1120. The molecule has 8 heteroatoms. The quantitative estimate of drug-likeness (QED) is 0.317. The van der Waals surface area contributed by atoms with Crippen LogP contribution in [0.4, 0.5) is 0 Å². The summed E-state index contributed by atoms with van der Waals surface area (Å²) in [6.07, 6.45) is 8.69. The van der Waals surface area contributed by atoms with Crippen LogP contribution in [0, 0.1) is 23.7 Å². The van der Waals surface area contributed by atoms with Crippen molar-refractivity contribution >= 4 is 5.97 Å². The number of esters is 1. The van der Waals surface area contributed by atoms with Crippen LogP contribution >= 0.6 is 0 Å². The van der Waals surface area contributed by atoms with Crippen LogP contribution in [-0.2, 0) is 23.7 Å². The van der Waals surface area contributed by atoms with E-state index < -0.39 is 47.7 Å². The maximum atomic E-state index is 13.9. The Morgan fingerprint density at radius 2 is 1.80 bits per heavy atom. The highest BCUT2D eigenvalue weighted by Crippen LogP contribution is 2.47. The van der Waals surface area contributed by atoms with Crippen molar-refractivity contribution < 1.29 is 39.1 Å². The van der Waals surface area contributed by atoms with Gasteiger partial charge in [-0.05, 0) is 55.2 Å². The summed E-state index contributed by atoms with van der Waals surface area (Å²) in [7, 11) is 0. The van der Waals surface area contributed by atoms with Gasteiger partial charge >= 0.3 is 5.97 Å². The summed E-state index contributed by atoms with van der Waals surface area (Å²) in [5, 5.41) is 34.0. The van der Waals surface area contributed by atoms with Crippen LogP contribution in [-0.4, -0.2) is 75.9 Å². The molecule has 5 aliphatic rings. The average Bonchev–Trinajstić information content (AvgIpc) is 3.26. The zero-order chi connectivity index (χ0) is 29.7. The van der Waals surface area contributed by atoms with E-state index in [-0.39, 0.29) is 24.7 Å². The predicted octanol–water partition coefficient (Wildman–Crippen LogP) is 4.14. The van der Waals surface area contributed by atoms with E-state index in [4.69, 9.17) is 18.9 Å². The van der Waals surface area contributed by atoms with Crippen LogP contribution in [0.15, 0.2) is 47.1 Å². The maximum absolute atomic E-state index is 13.9. The SMILES string of the molecule is CC1=C[C@H]2C(=O)O[C@H]3C[C@@H](C/C=C(\C)[C@H](O)[C@@H](C)/C=C/C=C4\CO[C@H]([C@@H]1O)[C@@]42O)O[C@@]1(CC[C@H](C)[C@@H](C(C)C)O1)C3. The lowest BCUT2D eigenvalue weighted by Crippen LogP contribution is -2.58. The summed E-state index contributed by atoms with van der Waals surface area (Å²) < 4.78 is 25.5. The first-order chi connectivity index (χ1) is 19.3. The van der Waals surface area contributed by atoms with Crippen molar-refractivity contribution in [1.29, 1.82) is 0 Å². The number of carbonyl (C=O) groups is 1. The Balaban J connectivity index is 1.53. The Kier molecular flexibility index (Phi) is 8.74. The molecule has 3 fully saturated rings. The third kappa shape index (κ3) is 5.76. The van der Waals surface area contributed by atoms with Crippen molar-refractivity contribution in [2.75, 3.05) is 6.61 Å². The van der Waals surface area contributed by atoms with Gasteiger partial charge in [0.2, 0.25) is 0 Å². The normalized spacial score (nSPS) is 48.9. The van der Waals surface area contributed by atoms with Gasteiger partial charge in [0, 0.05) is 25.2 Å². The Morgan fingerprint density at radius 1 is 1.05 bits per heavy atom. The molecular formula is C33H48O8. The summed E-state index contributed by atoms with van der Waals surface area (Å²) >= 11 is 0. The van der Waals surface area contributed by atoms with E-state index in [0.29, 0.717) is 48.7 Å². The van der Waals surface area contributed by atoms with Gasteiger partial charge < -0.3 is 34.3 Å². The Hall–Kier alpha value is -1.81. The first-order valence-electron chi connectivity index (χ1n) is 15.3. The molecule has 0 radical (unpaired) electrons. The third-order valence-electron chi connectivity index (χ3n) is 9.93. The minimum atomic E-state index is -1.75. The number of aliphatic hydroxyl groups is 3. The van der Waals surface area contributed by atoms with Crippen LogP contribution in [0.25, 0.3) is 0 Å². The van der Waals surface area contributed by atoms with Crippen LogP contribution in [0.3, 0.4) is 0 Å². The molecule has 1 aliphatic carbocycles. The molecule has 5 rings (SSSR count). The van der Waals surface area contributed by atoms with Crippen molar-refractivity contribution in [1.82, 2.24) is 0 Å². The lowest BCUT2D eigenvalue weighted by atomic mass is 9.71. The van der Waals surface area contributed by atoms with E-state index in [1.54, 1.807) is 25.2 Å². The molecule has 8 nitrogen and oxygen atoms in total. The van der Waals surface area contributed by atoms with Gasteiger partial charge in [0.05, 0.1) is 24.9 Å². The monoisotopic (exact) mass is 572 g/mol. The molecule has 3 saturated heterocycles. The molecule has 4 aliphatic heterocycles. The molecule has 11 atom stereocenters. The second-order valence-corrected chi connectivity index (χ2v) is 13.4. The van der Waals surface area contributed by atoms with E-state index in [2.05, 4.69) is 20.8 Å². The number of carbonyl (C=O) groups excluding carboxylic acids is 1. The molecule has 41 heavy (non-hydrogen) atoms. The summed E-state index contributed by atoms with van der Waals surface area (Å²) in [5.74, 6) is -1.94. The maximum Gasteiger partial charge on any atom is 0.316 e. The molecule has 0 aromatic heterocycles. The largest absolute Gasteiger partial charge is 0.462 e. The fraction of sp³-hybridized carbons (Fsp3) is 0.727. The number of hydrogen-bond donors (Lipinski definition) is 3. The van der Waals surface area contributed by atoms with Crippen molar-refractivity contribution in [3.63, 3.8) is 0 Å². The number of hydrogen-bond acceptors (Lipinski definition) is 8. The van der Waals surface area contributed by atoms with Crippen molar-refractivity contribution in [3.8, 4) is 0 Å². The van der Waals surface area contributed by atoms with Crippen LogP contribution in [0.1, 0.15) is 73.6 Å². The fourth-order valence-electron chi connectivity index (χ4n) is 7.44. The van der Waals surface area contributed by atoms with E-state index in [1.165, 1.54) is 0 Å². The second-order valence-electron chi connectivity index (χ2n) is 13.4. The van der Waals surface area contributed by atoms with Gasteiger partial charge in [-0.3, -0.25) is 4.79 Å². The van der Waals surface area contributed by atoms with Gasteiger partial charge in [0.25, 0.3) is 0 Å². The number of rotatable bonds is 1. The molecule has 4 heterocycles. The lowest BCUT2D eigenvalue weighted by molar-refractivity contribution is -0.340. The molecular weight excluding hydrogens is 524 g/mol. The number of allylic oxidation sites excluding steroid dienone is 2. The van der Waals surface area contributed by atoms with Gasteiger partial charge in [-0.1, -0.05) is 58.1 Å². The average molecular weight is 573 g/mol. The van der Waals surface area contributed by atoms with Crippen molar-refractivity contribution in [3.05, 3.63) is 47.1 Å². The predicted molar refractivity (Wildman–Crippen MR) is 154 cm³/mol. The van der Waals surface area contributed by atoms with Crippen LogP contribution < -0.4 is 0 Å². The zero-order valence-corrected chi connectivity index (χ0v) is 25.3. The summed E-state index contributed by atoms with van der Waals surface area (Å²) in [4.78, 5) is 13.9. The Labute approximate surface area is 244 Å². The van der Waals surface area contributed by atoms with E-state index in [9.17, 15) is 20.1 Å². The molecule has 1 spiro atoms. The number of fused-ring (bicyclic) bond motifs is 2. The van der Waals surface area contributed by atoms with Crippen LogP contribution in [0.2, 0.25) is 0 Å². The summed E-state index contributed by atoms with van der Waals surface area (Å²) in [6, 6.07) is 0. The van der Waals surface area contributed by atoms with Gasteiger partial charge in [-0.25, -0.2) is 0 Å². The van der Waals surface area contributed by atoms with E-state index in [0.717, 1.165) is 12.0 Å². The number of aliphatic hydroxyl groups excluding tert-OH is 2. The topological polar surface area (TPSA) is 115 Å². The van der Waals surface area contributed by atoms with E-state index in [1.807, 2.05) is 26.0 Å². The smallest absolute Gasteiger partial charge is 0.316 e.